The SMILES string of the molecule is CNC(=O)c1cc(N(CC2CCN(C(=O)OC(C)(C)C)C2)C(=O)OC)on1. The fourth-order valence-electron chi connectivity index (χ4n) is 2.72. The van der Waals surface area contributed by atoms with Crippen LogP contribution in [-0.4, -0.2) is 67.5 Å². The number of ether oxygens (including phenoxy) is 2. The lowest BCUT2D eigenvalue weighted by atomic mass is 10.1. The number of hydrogen-bond donors (Lipinski definition) is 1. The topological polar surface area (TPSA) is 114 Å². The van der Waals surface area contributed by atoms with Crippen molar-refractivity contribution in [1.82, 2.24) is 15.4 Å². The number of carbonyl (C=O) groups excluding carboxylic acids is 3. The van der Waals surface area contributed by atoms with Gasteiger partial charge in [0, 0.05) is 32.7 Å². The first-order valence-corrected chi connectivity index (χ1v) is 8.66. The third-order valence-corrected chi connectivity index (χ3v) is 4.00. The molecule has 0 aliphatic carbocycles. The fraction of sp³-hybridized carbons (Fsp3) is 0.647. The molecule has 1 aromatic rings. The van der Waals surface area contributed by atoms with Gasteiger partial charge in [-0.25, -0.2) is 14.5 Å². The van der Waals surface area contributed by atoms with Crippen molar-refractivity contribution in [1.29, 1.82) is 0 Å². The number of anilines is 1. The molecule has 1 saturated heterocycles. The molecule has 1 N–H and O–H groups in total. The summed E-state index contributed by atoms with van der Waals surface area (Å²) in [6, 6.07) is 1.37. The Morgan fingerprint density at radius 1 is 1.41 bits per heavy atom. The molecule has 1 aliphatic rings. The zero-order valence-electron chi connectivity index (χ0n) is 16.3. The number of aromatic nitrogens is 1. The van der Waals surface area contributed by atoms with Crippen LogP contribution < -0.4 is 10.2 Å². The van der Waals surface area contributed by atoms with Crippen LogP contribution in [0.15, 0.2) is 10.6 Å². The molecule has 3 amide bonds. The van der Waals surface area contributed by atoms with E-state index in [1.165, 1.54) is 25.1 Å². The largest absolute Gasteiger partial charge is 0.452 e. The molecule has 0 spiro atoms. The van der Waals surface area contributed by atoms with Crippen molar-refractivity contribution in [2.24, 2.45) is 5.92 Å². The Kier molecular flexibility index (Phi) is 6.29. The first-order chi connectivity index (χ1) is 12.6. The van der Waals surface area contributed by atoms with Crippen LogP contribution in [-0.2, 0) is 9.47 Å². The number of likely N-dealkylation sites (tertiary alicyclic amines) is 1. The zero-order valence-corrected chi connectivity index (χ0v) is 16.3. The van der Waals surface area contributed by atoms with E-state index in [9.17, 15) is 14.4 Å². The molecule has 0 bridgehead atoms. The number of rotatable bonds is 4. The molecule has 0 radical (unpaired) electrons. The summed E-state index contributed by atoms with van der Waals surface area (Å²) >= 11 is 0. The lowest BCUT2D eigenvalue weighted by Crippen LogP contribution is -2.38. The maximum Gasteiger partial charge on any atom is 0.416 e. The summed E-state index contributed by atoms with van der Waals surface area (Å²) in [5.41, 5.74) is -0.508. The summed E-state index contributed by atoms with van der Waals surface area (Å²) in [5.74, 6) is -0.312. The van der Waals surface area contributed by atoms with E-state index in [2.05, 4.69) is 10.5 Å². The van der Waals surface area contributed by atoms with Crippen LogP contribution in [0.4, 0.5) is 15.5 Å². The smallest absolute Gasteiger partial charge is 0.416 e. The second-order valence-electron chi connectivity index (χ2n) is 7.29. The van der Waals surface area contributed by atoms with E-state index in [0.717, 1.165) is 0 Å². The van der Waals surface area contributed by atoms with Gasteiger partial charge in [-0.05, 0) is 33.1 Å². The minimum atomic E-state index is -0.634. The molecule has 0 saturated carbocycles. The average molecular weight is 382 g/mol. The second-order valence-corrected chi connectivity index (χ2v) is 7.29. The minimum Gasteiger partial charge on any atom is -0.452 e. The van der Waals surface area contributed by atoms with E-state index >= 15 is 0 Å². The summed E-state index contributed by atoms with van der Waals surface area (Å²) in [7, 11) is 2.73. The molecule has 0 aromatic carbocycles. The molecule has 1 fully saturated rings. The van der Waals surface area contributed by atoms with Gasteiger partial charge in [-0.3, -0.25) is 4.79 Å². The highest BCUT2D eigenvalue weighted by molar-refractivity contribution is 5.94. The van der Waals surface area contributed by atoms with E-state index < -0.39 is 17.6 Å². The number of hydrogen-bond acceptors (Lipinski definition) is 7. The molecule has 27 heavy (non-hydrogen) atoms. The van der Waals surface area contributed by atoms with Crippen LogP contribution in [0.25, 0.3) is 0 Å². The van der Waals surface area contributed by atoms with Gasteiger partial charge in [-0.1, -0.05) is 5.16 Å². The zero-order chi connectivity index (χ0) is 20.2. The van der Waals surface area contributed by atoms with Gasteiger partial charge in [0.1, 0.15) is 5.60 Å². The first kappa shape index (κ1) is 20.5. The standard InChI is InChI=1S/C17H26N4O6/c1-17(2,3)26-15(23)20-7-6-11(9-20)10-21(16(24)25-5)13-8-12(19-27-13)14(22)18-4/h8,11H,6-7,9-10H2,1-5H3,(H,18,22). The Morgan fingerprint density at radius 2 is 2.11 bits per heavy atom. The third kappa shape index (κ3) is 5.35. The fourth-order valence-corrected chi connectivity index (χ4v) is 2.72. The van der Waals surface area contributed by atoms with Crippen LogP contribution in [0.1, 0.15) is 37.7 Å². The van der Waals surface area contributed by atoms with Crippen molar-refractivity contribution in [3.8, 4) is 0 Å². The summed E-state index contributed by atoms with van der Waals surface area (Å²) in [5, 5.41) is 6.09. The van der Waals surface area contributed by atoms with Gasteiger partial charge in [-0.15, -0.1) is 0 Å². The van der Waals surface area contributed by atoms with Gasteiger partial charge in [0.25, 0.3) is 5.91 Å². The van der Waals surface area contributed by atoms with E-state index in [4.69, 9.17) is 14.0 Å². The maximum atomic E-state index is 12.2. The number of nitrogens with one attached hydrogen (secondary N) is 1. The Balaban J connectivity index is 2.05. The van der Waals surface area contributed by atoms with Crippen molar-refractivity contribution in [3.05, 3.63) is 11.8 Å². The Morgan fingerprint density at radius 3 is 2.70 bits per heavy atom. The summed E-state index contributed by atoms with van der Waals surface area (Å²) < 4.78 is 15.3. The van der Waals surface area contributed by atoms with Gasteiger partial charge in [-0.2, -0.15) is 0 Å². The van der Waals surface area contributed by atoms with Crippen LogP contribution in [0.2, 0.25) is 0 Å². The number of amides is 3. The Labute approximate surface area is 157 Å². The monoisotopic (exact) mass is 382 g/mol. The number of methoxy groups -OCH3 is 1. The molecule has 2 heterocycles. The second kappa shape index (κ2) is 8.28. The van der Waals surface area contributed by atoms with Crippen LogP contribution >= 0.6 is 0 Å². The van der Waals surface area contributed by atoms with Gasteiger partial charge < -0.3 is 24.2 Å². The van der Waals surface area contributed by atoms with Gasteiger partial charge >= 0.3 is 12.2 Å². The highest BCUT2D eigenvalue weighted by atomic mass is 16.6. The van der Waals surface area contributed by atoms with Crippen LogP contribution in [0.5, 0.6) is 0 Å². The summed E-state index contributed by atoms with van der Waals surface area (Å²) in [6.07, 6.45) is -0.315. The summed E-state index contributed by atoms with van der Waals surface area (Å²) in [6.45, 7) is 6.67. The van der Waals surface area contributed by atoms with Gasteiger partial charge in [0.05, 0.1) is 7.11 Å². The van der Waals surface area contributed by atoms with E-state index in [1.807, 2.05) is 20.8 Å². The minimum absolute atomic E-state index is 0.00479. The van der Waals surface area contributed by atoms with Crippen molar-refractivity contribution in [3.63, 3.8) is 0 Å². The molecule has 10 nitrogen and oxygen atoms in total. The maximum absolute atomic E-state index is 12.2. The van der Waals surface area contributed by atoms with Crippen molar-refractivity contribution in [2.45, 2.75) is 32.8 Å². The predicted molar refractivity (Wildman–Crippen MR) is 95.6 cm³/mol. The first-order valence-electron chi connectivity index (χ1n) is 8.66. The number of nitrogens with zero attached hydrogens (tertiary/aromatic N) is 3. The predicted octanol–water partition coefficient (Wildman–Crippen LogP) is 1.86. The third-order valence-electron chi connectivity index (χ3n) is 4.00. The molecule has 150 valence electrons. The normalized spacial score (nSPS) is 16.8. The molecule has 1 aromatic heterocycles. The molecule has 10 heteroatoms. The highest BCUT2D eigenvalue weighted by Gasteiger charge is 2.33. The van der Waals surface area contributed by atoms with Crippen LogP contribution in [0.3, 0.4) is 0 Å². The molecule has 1 aliphatic heterocycles. The lowest BCUT2D eigenvalue weighted by Gasteiger charge is -2.25. The molecular weight excluding hydrogens is 356 g/mol. The quantitative estimate of drug-likeness (QED) is 0.845. The molecular formula is C17H26N4O6. The summed E-state index contributed by atoms with van der Waals surface area (Å²) in [4.78, 5) is 38.9. The lowest BCUT2D eigenvalue weighted by molar-refractivity contribution is 0.0288. The highest BCUT2D eigenvalue weighted by Crippen LogP contribution is 2.24. The van der Waals surface area contributed by atoms with E-state index in [0.29, 0.717) is 19.5 Å². The van der Waals surface area contributed by atoms with Crippen molar-refractivity contribution >= 4 is 24.0 Å². The van der Waals surface area contributed by atoms with Crippen molar-refractivity contribution in [2.75, 3.05) is 38.7 Å². The molecule has 2 rings (SSSR count). The molecule has 1 unspecified atom stereocenters. The Bertz CT molecular complexity index is 696. The van der Waals surface area contributed by atoms with Crippen molar-refractivity contribution < 1.29 is 28.4 Å². The van der Waals surface area contributed by atoms with Gasteiger partial charge in [0.15, 0.2) is 5.69 Å². The average Bonchev–Trinajstić information content (AvgIpc) is 3.26. The van der Waals surface area contributed by atoms with E-state index in [-0.39, 0.29) is 30.1 Å². The van der Waals surface area contributed by atoms with Gasteiger partial charge in [0.2, 0.25) is 5.88 Å². The van der Waals surface area contributed by atoms with Crippen LogP contribution in [0, 0.1) is 5.92 Å². The Hall–Kier alpha value is -2.78. The molecule has 1 atom stereocenters. The number of carbonyl (C=O) groups is 3. The van der Waals surface area contributed by atoms with E-state index in [1.54, 1.807) is 4.90 Å².